The number of hydrogen-bond donors (Lipinski definition) is 3. The van der Waals surface area contributed by atoms with Crippen molar-refractivity contribution >= 4 is 17.8 Å². The predicted molar refractivity (Wildman–Crippen MR) is 113 cm³/mol. The highest BCUT2D eigenvalue weighted by atomic mass is 19.4. The van der Waals surface area contributed by atoms with Gasteiger partial charge < -0.3 is 24.8 Å². The Morgan fingerprint density at radius 1 is 1.03 bits per heavy atom. The Morgan fingerprint density at radius 3 is 2.16 bits per heavy atom. The average molecular weight is 556 g/mol. The van der Waals surface area contributed by atoms with Crippen molar-refractivity contribution in [2.75, 3.05) is 13.2 Å². The van der Waals surface area contributed by atoms with Gasteiger partial charge in [-0.05, 0) is 25.0 Å². The summed E-state index contributed by atoms with van der Waals surface area (Å²) in [5.74, 6) is -5.53. The molecule has 0 saturated carbocycles. The molecule has 4 heterocycles. The molecule has 11 nitrogen and oxygen atoms in total. The van der Waals surface area contributed by atoms with Gasteiger partial charge in [-0.1, -0.05) is 11.2 Å². The Kier molecular flexibility index (Phi) is 10.6. The first kappa shape index (κ1) is 30.5. The summed E-state index contributed by atoms with van der Waals surface area (Å²) in [6.45, 7) is 2.25. The number of carboxylic acids is 2. The molecule has 0 bridgehead atoms. The third-order valence-electron chi connectivity index (χ3n) is 5.18. The number of hydrogen-bond acceptors (Lipinski definition) is 8. The summed E-state index contributed by atoms with van der Waals surface area (Å²) >= 11 is 0. The van der Waals surface area contributed by atoms with E-state index in [1.807, 2.05) is 24.4 Å². The number of carboxylic acid groups (broad SMARTS) is 2. The number of halogens is 6. The maximum absolute atomic E-state index is 12.3. The topological polar surface area (TPSA) is 155 Å². The van der Waals surface area contributed by atoms with Gasteiger partial charge >= 0.3 is 24.3 Å². The number of aromatic nitrogens is 2. The van der Waals surface area contributed by atoms with Crippen LogP contribution in [0.4, 0.5) is 26.3 Å². The van der Waals surface area contributed by atoms with E-state index in [2.05, 4.69) is 20.4 Å². The first-order chi connectivity index (χ1) is 17.7. The molecule has 210 valence electrons. The van der Waals surface area contributed by atoms with Crippen molar-refractivity contribution in [3.8, 4) is 0 Å². The molecule has 0 aromatic carbocycles. The highest BCUT2D eigenvalue weighted by Gasteiger charge is 2.45. The molecule has 38 heavy (non-hydrogen) atoms. The van der Waals surface area contributed by atoms with E-state index < -0.39 is 24.3 Å². The van der Waals surface area contributed by atoms with Crippen LogP contribution in [0.15, 0.2) is 41.2 Å². The zero-order valence-corrected chi connectivity index (χ0v) is 19.3. The summed E-state index contributed by atoms with van der Waals surface area (Å²) in [4.78, 5) is 36.8. The fourth-order valence-electron chi connectivity index (χ4n) is 3.64. The number of nitrogens with one attached hydrogen (secondary N) is 1. The molecule has 0 spiro atoms. The molecular formula is C21H22F6N4O7. The molecule has 17 heteroatoms. The third kappa shape index (κ3) is 9.29. The van der Waals surface area contributed by atoms with E-state index in [1.165, 1.54) is 6.20 Å². The van der Waals surface area contributed by atoms with E-state index in [0.717, 1.165) is 38.2 Å². The van der Waals surface area contributed by atoms with Crippen LogP contribution in [0.3, 0.4) is 0 Å². The number of alkyl halides is 6. The van der Waals surface area contributed by atoms with E-state index >= 15 is 0 Å². The number of rotatable bonds is 4. The number of amides is 1. The Bertz CT molecular complexity index is 1030. The third-order valence-corrected chi connectivity index (χ3v) is 5.18. The van der Waals surface area contributed by atoms with Gasteiger partial charge in [0.25, 0.3) is 5.91 Å². The second-order valence-corrected chi connectivity index (χ2v) is 7.86. The summed E-state index contributed by atoms with van der Waals surface area (Å²) in [5, 5.41) is 20.9. The van der Waals surface area contributed by atoms with E-state index in [4.69, 9.17) is 29.1 Å². The number of carbonyl (C=O) groups is 3. The molecule has 0 aliphatic carbocycles. The molecule has 2 aromatic rings. The van der Waals surface area contributed by atoms with E-state index in [1.54, 1.807) is 6.07 Å². The summed E-state index contributed by atoms with van der Waals surface area (Å²) in [6, 6.07) is 7.75. The number of nitrogens with zero attached hydrogens (tertiary/aromatic N) is 3. The zero-order valence-electron chi connectivity index (χ0n) is 19.3. The number of likely N-dealkylation sites (tertiary alicyclic amines) is 1. The monoisotopic (exact) mass is 556 g/mol. The molecule has 2 saturated heterocycles. The van der Waals surface area contributed by atoms with Crippen LogP contribution >= 0.6 is 0 Å². The molecular weight excluding hydrogens is 534 g/mol. The molecule has 2 aliphatic heterocycles. The molecule has 1 amide bonds. The van der Waals surface area contributed by atoms with E-state index in [-0.39, 0.29) is 23.8 Å². The maximum Gasteiger partial charge on any atom is 0.490 e. The van der Waals surface area contributed by atoms with Gasteiger partial charge in [0.2, 0.25) is 5.76 Å². The smallest absolute Gasteiger partial charge is 0.475 e. The average Bonchev–Trinajstić information content (AvgIpc) is 3.49. The van der Waals surface area contributed by atoms with Crippen LogP contribution in [0.2, 0.25) is 0 Å². The van der Waals surface area contributed by atoms with E-state index in [9.17, 15) is 31.1 Å². The van der Waals surface area contributed by atoms with Crippen molar-refractivity contribution in [3.63, 3.8) is 0 Å². The number of carbonyl (C=O) groups excluding carboxylic acids is 1. The van der Waals surface area contributed by atoms with Crippen LogP contribution in [-0.4, -0.2) is 86.8 Å². The van der Waals surface area contributed by atoms with Crippen LogP contribution in [-0.2, 0) is 20.9 Å². The summed E-state index contributed by atoms with van der Waals surface area (Å²) in [7, 11) is 0. The van der Waals surface area contributed by atoms with Gasteiger partial charge in [-0.3, -0.25) is 14.7 Å². The number of aliphatic carboxylic acids is 2. The van der Waals surface area contributed by atoms with Gasteiger partial charge in [-0.15, -0.1) is 0 Å². The zero-order chi connectivity index (χ0) is 28.5. The minimum absolute atomic E-state index is 0.00864. The maximum atomic E-state index is 12.3. The van der Waals surface area contributed by atoms with Crippen LogP contribution in [0.25, 0.3) is 0 Å². The quantitative estimate of drug-likeness (QED) is 0.479. The van der Waals surface area contributed by atoms with Gasteiger partial charge in [-0.25, -0.2) is 9.59 Å². The summed E-state index contributed by atoms with van der Waals surface area (Å²) in [5.41, 5.74) is 1.03. The second kappa shape index (κ2) is 13.2. The first-order valence-corrected chi connectivity index (χ1v) is 10.8. The number of ether oxygens (including phenoxy) is 1. The lowest BCUT2D eigenvalue weighted by Gasteiger charge is -2.32. The van der Waals surface area contributed by atoms with Gasteiger partial charge in [0.05, 0.1) is 24.0 Å². The summed E-state index contributed by atoms with van der Waals surface area (Å²) < 4.78 is 74.4. The lowest BCUT2D eigenvalue weighted by Crippen LogP contribution is -2.47. The van der Waals surface area contributed by atoms with Crippen LogP contribution < -0.4 is 5.32 Å². The highest BCUT2D eigenvalue weighted by molar-refractivity contribution is 5.91. The standard InChI is InChI=1S/C17H20N4O3.2C2HF3O2/c22-17(15-6-8-19-24-15)20-13-11-21(10-12-4-1-2-7-18-12)14-5-3-9-23-16(13)14;2*3-2(4,5)1(6)7/h1-2,4,6-8,13-14,16H,3,5,9-11H2,(H,20,22);2*(H,6,7)/t13-,14-,16-;;/m1../s1. The Hall–Kier alpha value is -3.73. The Balaban J connectivity index is 0.000000301. The van der Waals surface area contributed by atoms with Crippen molar-refractivity contribution < 1.29 is 60.2 Å². The van der Waals surface area contributed by atoms with Crippen LogP contribution in [0, 0.1) is 0 Å². The summed E-state index contributed by atoms with van der Waals surface area (Å²) in [6.07, 6.45) is -4.76. The first-order valence-electron chi connectivity index (χ1n) is 10.8. The second-order valence-electron chi connectivity index (χ2n) is 7.86. The lowest BCUT2D eigenvalue weighted by atomic mass is 10.0. The number of pyridine rings is 1. The largest absolute Gasteiger partial charge is 0.490 e. The molecule has 2 fully saturated rings. The van der Waals surface area contributed by atoms with Crippen LogP contribution in [0.5, 0.6) is 0 Å². The predicted octanol–water partition coefficient (Wildman–Crippen LogP) is 2.50. The Morgan fingerprint density at radius 2 is 1.66 bits per heavy atom. The van der Waals surface area contributed by atoms with E-state index in [0.29, 0.717) is 6.04 Å². The molecule has 2 aromatic heterocycles. The van der Waals surface area contributed by atoms with Gasteiger partial charge in [0.1, 0.15) is 0 Å². The fraction of sp³-hybridized carbons (Fsp3) is 0.476. The van der Waals surface area contributed by atoms with Crippen LogP contribution in [0.1, 0.15) is 29.1 Å². The Labute approximate surface area is 210 Å². The minimum atomic E-state index is -5.08. The lowest BCUT2D eigenvalue weighted by molar-refractivity contribution is -0.193. The molecule has 0 unspecified atom stereocenters. The van der Waals surface area contributed by atoms with Gasteiger partial charge in [-0.2, -0.15) is 26.3 Å². The molecule has 3 atom stereocenters. The number of fused-ring (bicyclic) bond motifs is 1. The van der Waals surface area contributed by atoms with Gasteiger partial charge in [0.15, 0.2) is 0 Å². The van der Waals surface area contributed by atoms with Crippen molar-refractivity contribution in [3.05, 3.63) is 48.1 Å². The van der Waals surface area contributed by atoms with Crippen molar-refractivity contribution in [2.45, 2.75) is 49.9 Å². The van der Waals surface area contributed by atoms with Crippen molar-refractivity contribution in [1.82, 2.24) is 20.4 Å². The fourth-order valence-corrected chi connectivity index (χ4v) is 3.64. The highest BCUT2D eigenvalue weighted by Crippen LogP contribution is 2.30. The molecule has 2 aliphatic rings. The normalized spacial score (nSPS) is 21.2. The minimum Gasteiger partial charge on any atom is -0.475 e. The van der Waals surface area contributed by atoms with Gasteiger partial charge in [0, 0.05) is 38.0 Å². The molecule has 0 radical (unpaired) electrons. The molecule has 4 rings (SSSR count). The SMILES string of the molecule is O=C(N[C@@H]1CN(Cc2ccccn2)[C@@H]2CCCO[C@@H]21)c1ccno1.O=C(O)C(F)(F)F.O=C(O)C(F)(F)F. The van der Waals surface area contributed by atoms with Crippen molar-refractivity contribution in [2.24, 2.45) is 0 Å². The van der Waals surface area contributed by atoms with Crippen molar-refractivity contribution in [1.29, 1.82) is 0 Å². The molecule has 3 N–H and O–H groups in total.